The zero-order valence-corrected chi connectivity index (χ0v) is 23.7. The number of aliphatic carboxylic acids is 3. The highest BCUT2D eigenvalue weighted by atomic mass is 16.8. The lowest BCUT2D eigenvalue weighted by Gasteiger charge is -2.48. The molecule has 2 heterocycles. The van der Waals surface area contributed by atoms with Crippen LogP contribution >= 0.6 is 0 Å². The van der Waals surface area contributed by atoms with E-state index in [1.165, 1.54) is 21.9 Å². The third-order valence-electron chi connectivity index (χ3n) is 7.76. The minimum atomic E-state index is -1.21. The average Bonchev–Trinajstić information content (AvgIpc) is 3.09. The van der Waals surface area contributed by atoms with Crippen LogP contribution in [-0.4, -0.2) is 105 Å². The molecule has 2 aliphatic rings. The first-order chi connectivity index (χ1) is 20.3. The van der Waals surface area contributed by atoms with Crippen molar-refractivity contribution in [1.82, 2.24) is 9.80 Å². The summed E-state index contributed by atoms with van der Waals surface area (Å²) in [6.45, 7) is 2.56. The van der Waals surface area contributed by atoms with Crippen LogP contribution < -0.4 is 14.9 Å². The smallest absolute Gasteiger partial charge is 0.317 e. The third kappa shape index (κ3) is 6.32. The molecule has 0 bridgehead atoms. The van der Waals surface area contributed by atoms with E-state index in [0.717, 1.165) is 11.3 Å². The second kappa shape index (κ2) is 12.4. The molecule has 0 fully saturated rings. The number of fused-ring (bicyclic) bond motifs is 2. The standard InChI is InChI=1S/C29H34N4O10/c1-28(2)22-5-3-4-6-23(22)32(10-9-30(16-24(35)36)17-25(37)38)29(28)8-7-19-13-21(33(41)42)14-20(27(19)43-29)15-31(11-12-34)18-26(39)40/h3-8,12-14,41-42H,9-11,15-18H2,1-2H3,(H,35,36)(H,37,38)(H,39,40). The Labute approximate surface area is 247 Å². The van der Waals surface area contributed by atoms with Gasteiger partial charge < -0.3 is 29.8 Å². The summed E-state index contributed by atoms with van der Waals surface area (Å²) in [5, 5.41) is 47.6. The minimum absolute atomic E-state index is 0.0110. The highest BCUT2D eigenvalue weighted by Crippen LogP contribution is 2.55. The number of carboxylic acids is 3. The summed E-state index contributed by atoms with van der Waals surface area (Å²) in [6, 6.07) is 10.5. The summed E-state index contributed by atoms with van der Waals surface area (Å²) in [5.41, 5.74) is 0.642. The number of aldehydes is 1. The first-order valence-corrected chi connectivity index (χ1v) is 13.4. The molecule has 0 saturated carbocycles. The first kappa shape index (κ1) is 31.4. The third-order valence-corrected chi connectivity index (χ3v) is 7.76. The molecule has 1 unspecified atom stereocenters. The number of hydrogen-bond donors (Lipinski definition) is 5. The highest BCUT2D eigenvalue weighted by molar-refractivity contribution is 5.76. The molecule has 0 amide bonds. The monoisotopic (exact) mass is 598 g/mol. The van der Waals surface area contributed by atoms with E-state index in [4.69, 9.17) is 4.74 Å². The SMILES string of the molecule is CC1(C)c2ccccc2N(CCN(CC(=O)O)CC(=O)O)C12C=Cc1cc(N(O)O)cc(CN(CC=O)CC(=O)O)c1O2. The Balaban J connectivity index is 1.81. The van der Waals surface area contributed by atoms with Gasteiger partial charge >= 0.3 is 17.9 Å². The van der Waals surface area contributed by atoms with Crippen molar-refractivity contribution in [2.24, 2.45) is 0 Å². The molecule has 43 heavy (non-hydrogen) atoms. The van der Waals surface area contributed by atoms with E-state index in [9.17, 15) is 44.9 Å². The number of anilines is 2. The fourth-order valence-corrected chi connectivity index (χ4v) is 5.84. The molecule has 0 saturated heterocycles. The lowest BCUT2D eigenvalue weighted by Crippen LogP contribution is -2.61. The molecule has 4 rings (SSSR count). The molecular formula is C29H34N4O10. The van der Waals surface area contributed by atoms with Crippen LogP contribution in [0.4, 0.5) is 11.4 Å². The van der Waals surface area contributed by atoms with Crippen LogP contribution in [0.1, 0.15) is 30.5 Å². The van der Waals surface area contributed by atoms with Gasteiger partial charge in [0, 0.05) is 36.4 Å². The Kier molecular flexibility index (Phi) is 9.06. The molecule has 0 aliphatic carbocycles. The zero-order chi connectivity index (χ0) is 31.5. The fraction of sp³-hybridized carbons (Fsp3) is 0.379. The van der Waals surface area contributed by atoms with Crippen LogP contribution in [0.15, 0.2) is 42.5 Å². The maximum Gasteiger partial charge on any atom is 0.317 e. The maximum atomic E-state index is 11.5. The molecule has 0 radical (unpaired) electrons. The predicted molar refractivity (Wildman–Crippen MR) is 152 cm³/mol. The number of ether oxygens (including phenoxy) is 1. The van der Waals surface area contributed by atoms with Crippen molar-refractivity contribution in [1.29, 1.82) is 0 Å². The number of para-hydroxylation sites is 1. The van der Waals surface area contributed by atoms with E-state index in [1.807, 2.05) is 49.1 Å². The van der Waals surface area contributed by atoms with E-state index in [-0.39, 0.29) is 37.1 Å². The second-order valence-corrected chi connectivity index (χ2v) is 11.0. The van der Waals surface area contributed by atoms with Gasteiger partial charge in [-0.1, -0.05) is 18.2 Å². The van der Waals surface area contributed by atoms with E-state index in [1.54, 1.807) is 6.08 Å². The van der Waals surface area contributed by atoms with Gasteiger partial charge in [-0.2, -0.15) is 0 Å². The van der Waals surface area contributed by atoms with Gasteiger partial charge in [0.2, 0.25) is 5.72 Å². The molecular weight excluding hydrogens is 564 g/mol. The summed E-state index contributed by atoms with van der Waals surface area (Å²) < 4.78 is 6.88. The van der Waals surface area contributed by atoms with Gasteiger partial charge in [-0.05, 0) is 49.8 Å². The van der Waals surface area contributed by atoms with E-state index < -0.39 is 48.7 Å². The molecule has 230 valence electrons. The van der Waals surface area contributed by atoms with E-state index in [0.29, 0.717) is 23.2 Å². The molecule has 1 spiro atoms. The predicted octanol–water partition coefficient (Wildman–Crippen LogP) is 1.73. The largest absolute Gasteiger partial charge is 0.480 e. The van der Waals surface area contributed by atoms with Crippen molar-refractivity contribution < 1.29 is 49.6 Å². The summed E-state index contributed by atoms with van der Waals surface area (Å²) in [4.78, 5) is 50.3. The van der Waals surface area contributed by atoms with Crippen molar-refractivity contribution in [3.05, 3.63) is 59.2 Å². The molecule has 1 atom stereocenters. The number of rotatable bonds is 14. The Morgan fingerprint density at radius 1 is 0.953 bits per heavy atom. The van der Waals surface area contributed by atoms with Crippen LogP contribution in [0.25, 0.3) is 6.08 Å². The molecule has 2 aliphatic heterocycles. The number of carbonyl (C=O) groups is 4. The van der Waals surface area contributed by atoms with Crippen LogP contribution in [-0.2, 0) is 31.1 Å². The van der Waals surface area contributed by atoms with Gasteiger partial charge in [0.05, 0.1) is 37.3 Å². The lowest BCUT2D eigenvalue weighted by atomic mass is 9.76. The molecule has 2 aromatic rings. The van der Waals surface area contributed by atoms with Crippen molar-refractivity contribution in [2.45, 2.75) is 31.5 Å². The van der Waals surface area contributed by atoms with Crippen molar-refractivity contribution >= 4 is 41.6 Å². The molecule has 0 aromatic heterocycles. The molecule has 14 nitrogen and oxygen atoms in total. The van der Waals surface area contributed by atoms with Gasteiger partial charge in [0.25, 0.3) is 0 Å². The zero-order valence-electron chi connectivity index (χ0n) is 23.7. The van der Waals surface area contributed by atoms with Crippen molar-refractivity contribution in [3.8, 4) is 5.75 Å². The second-order valence-electron chi connectivity index (χ2n) is 11.0. The lowest BCUT2D eigenvalue weighted by molar-refractivity contribution is -0.142. The number of carbonyl (C=O) groups excluding carboxylic acids is 1. The maximum absolute atomic E-state index is 11.5. The summed E-state index contributed by atoms with van der Waals surface area (Å²) in [6.07, 6.45) is 4.15. The van der Waals surface area contributed by atoms with Gasteiger partial charge in [-0.3, -0.25) is 34.6 Å². The Morgan fingerprint density at radius 2 is 1.58 bits per heavy atom. The van der Waals surface area contributed by atoms with Crippen LogP contribution in [0.5, 0.6) is 5.75 Å². The molecule has 5 N–H and O–H groups in total. The van der Waals surface area contributed by atoms with Crippen molar-refractivity contribution in [2.75, 3.05) is 49.4 Å². The Morgan fingerprint density at radius 3 is 2.19 bits per heavy atom. The normalized spacial score (nSPS) is 18.0. The topological polar surface area (TPSA) is 192 Å². The number of nitrogens with zero attached hydrogens (tertiary/aromatic N) is 4. The Bertz CT molecular complexity index is 1430. The van der Waals surface area contributed by atoms with Crippen molar-refractivity contribution in [3.63, 3.8) is 0 Å². The minimum Gasteiger partial charge on any atom is -0.480 e. The number of hydrogen-bond acceptors (Lipinski definition) is 11. The van der Waals surface area contributed by atoms with Crippen LogP contribution in [0.3, 0.4) is 0 Å². The van der Waals surface area contributed by atoms with Crippen LogP contribution in [0, 0.1) is 0 Å². The average molecular weight is 599 g/mol. The van der Waals surface area contributed by atoms with Gasteiger partial charge in [-0.15, -0.1) is 5.23 Å². The Hall–Kier alpha value is -4.50. The van der Waals surface area contributed by atoms with Gasteiger partial charge in [-0.25, -0.2) is 0 Å². The summed E-state index contributed by atoms with van der Waals surface area (Å²) in [7, 11) is 0. The van der Waals surface area contributed by atoms with E-state index in [2.05, 4.69) is 0 Å². The summed E-state index contributed by atoms with van der Waals surface area (Å²) >= 11 is 0. The first-order valence-electron chi connectivity index (χ1n) is 13.4. The summed E-state index contributed by atoms with van der Waals surface area (Å²) in [5.74, 6) is -3.15. The van der Waals surface area contributed by atoms with Crippen LogP contribution in [0.2, 0.25) is 0 Å². The number of benzene rings is 2. The molecule has 14 heteroatoms. The van der Waals surface area contributed by atoms with E-state index >= 15 is 0 Å². The molecule has 2 aromatic carbocycles. The quantitative estimate of drug-likeness (QED) is 0.156. The van der Waals surface area contributed by atoms with Gasteiger partial charge in [0.15, 0.2) is 0 Å². The van der Waals surface area contributed by atoms with Gasteiger partial charge in [0.1, 0.15) is 12.0 Å². The highest BCUT2D eigenvalue weighted by Gasteiger charge is 2.59. The number of carboxylic acid groups (broad SMARTS) is 3. The fourth-order valence-electron chi connectivity index (χ4n) is 5.84.